The van der Waals surface area contributed by atoms with Crippen molar-refractivity contribution in [3.8, 4) is 11.3 Å². The second kappa shape index (κ2) is 8.84. The molecular formula is C25H21N3O4S. The van der Waals surface area contributed by atoms with Gasteiger partial charge < -0.3 is 5.32 Å². The number of carbonyl (C=O) groups is 2. The van der Waals surface area contributed by atoms with Crippen LogP contribution in [0.2, 0.25) is 0 Å². The van der Waals surface area contributed by atoms with E-state index in [0.29, 0.717) is 27.8 Å². The Morgan fingerprint density at radius 2 is 1.61 bits per heavy atom. The van der Waals surface area contributed by atoms with Gasteiger partial charge in [0.25, 0.3) is 15.9 Å². The molecule has 0 fully saturated rings. The van der Waals surface area contributed by atoms with Crippen molar-refractivity contribution in [1.29, 1.82) is 0 Å². The van der Waals surface area contributed by atoms with Crippen molar-refractivity contribution in [3.63, 3.8) is 0 Å². The molecule has 2 N–H and O–H groups in total. The SMILES string of the molecule is CC(=O)NS(=O)(=O)c1ccc(NC(=O)c2cc(-c3cccc(C)c3)nc3ccccc23)cc1. The number of anilines is 1. The Labute approximate surface area is 191 Å². The number of para-hydroxylation sites is 1. The monoisotopic (exact) mass is 459 g/mol. The third-order valence-corrected chi connectivity index (χ3v) is 6.42. The van der Waals surface area contributed by atoms with Crippen LogP contribution in [0.25, 0.3) is 22.2 Å². The molecule has 3 aromatic carbocycles. The molecule has 4 rings (SSSR count). The highest BCUT2D eigenvalue weighted by atomic mass is 32.2. The summed E-state index contributed by atoms with van der Waals surface area (Å²) >= 11 is 0. The highest BCUT2D eigenvalue weighted by Crippen LogP contribution is 2.26. The Kier molecular flexibility index (Phi) is 5.93. The maximum Gasteiger partial charge on any atom is 0.264 e. The quantitative estimate of drug-likeness (QED) is 0.463. The molecule has 0 spiro atoms. The molecule has 0 saturated heterocycles. The summed E-state index contributed by atoms with van der Waals surface area (Å²) in [5.41, 5.74) is 4.23. The van der Waals surface area contributed by atoms with Crippen LogP contribution in [0.15, 0.2) is 83.8 Å². The first-order chi connectivity index (χ1) is 15.7. The van der Waals surface area contributed by atoms with Gasteiger partial charge in [0.05, 0.1) is 21.7 Å². The standard InChI is InChI=1S/C25H21N3O4S/c1-16-6-5-7-18(14-16)24-15-22(21-8-3-4-9-23(21)27-24)25(30)26-19-10-12-20(13-11-19)33(31,32)28-17(2)29/h3-15H,1-2H3,(H,26,30)(H,28,29). The molecule has 166 valence electrons. The topological polar surface area (TPSA) is 105 Å². The zero-order valence-electron chi connectivity index (χ0n) is 18.0. The molecule has 2 amide bonds. The number of amides is 2. The number of pyridine rings is 1. The van der Waals surface area contributed by atoms with E-state index in [1.807, 2.05) is 60.2 Å². The molecule has 1 heterocycles. The zero-order valence-corrected chi connectivity index (χ0v) is 18.8. The van der Waals surface area contributed by atoms with Crippen LogP contribution < -0.4 is 10.0 Å². The van der Waals surface area contributed by atoms with Crippen molar-refractivity contribution in [1.82, 2.24) is 9.71 Å². The lowest BCUT2D eigenvalue weighted by molar-refractivity contribution is -0.117. The number of aryl methyl sites for hydroxylation is 1. The number of carbonyl (C=O) groups excluding carboxylic acids is 2. The van der Waals surface area contributed by atoms with E-state index in [0.717, 1.165) is 18.1 Å². The fourth-order valence-corrected chi connectivity index (χ4v) is 4.47. The number of fused-ring (bicyclic) bond motifs is 1. The summed E-state index contributed by atoms with van der Waals surface area (Å²) in [5.74, 6) is -1.03. The van der Waals surface area contributed by atoms with Crippen molar-refractivity contribution >= 4 is 38.4 Å². The number of benzene rings is 3. The maximum absolute atomic E-state index is 13.2. The van der Waals surface area contributed by atoms with Crippen molar-refractivity contribution < 1.29 is 18.0 Å². The first-order valence-electron chi connectivity index (χ1n) is 10.1. The second-order valence-corrected chi connectivity index (χ2v) is 9.26. The molecule has 33 heavy (non-hydrogen) atoms. The van der Waals surface area contributed by atoms with E-state index in [2.05, 4.69) is 5.32 Å². The largest absolute Gasteiger partial charge is 0.322 e. The van der Waals surface area contributed by atoms with E-state index in [-0.39, 0.29) is 10.8 Å². The Morgan fingerprint density at radius 3 is 2.30 bits per heavy atom. The zero-order chi connectivity index (χ0) is 23.6. The summed E-state index contributed by atoms with van der Waals surface area (Å²) in [7, 11) is -3.95. The fraction of sp³-hybridized carbons (Fsp3) is 0.0800. The summed E-state index contributed by atoms with van der Waals surface area (Å²) < 4.78 is 26.1. The van der Waals surface area contributed by atoms with Crippen molar-refractivity contribution in [2.75, 3.05) is 5.32 Å². The number of rotatable bonds is 5. The average molecular weight is 460 g/mol. The van der Waals surface area contributed by atoms with Crippen molar-refractivity contribution in [2.45, 2.75) is 18.7 Å². The van der Waals surface area contributed by atoms with Gasteiger partial charge in [0.2, 0.25) is 5.91 Å². The molecule has 0 aliphatic heterocycles. The Hall–Kier alpha value is -4.04. The van der Waals surface area contributed by atoms with Crippen LogP contribution in [0.5, 0.6) is 0 Å². The molecule has 0 aliphatic rings. The maximum atomic E-state index is 13.2. The minimum Gasteiger partial charge on any atom is -0.322 e. The van der Waals surface area contributed by atoms with Crippen molar-refractivity contribution in [3.05, 3.63) is 90.0 Å². The summed E-state index contributed by atoms with van der Waals surface area (Å²) in [6.45, 7) is 3.12. The van der Waals surface area contributed by atoms with Crippen LogP contribution in [-0.4, -0.2) is 25.2 Å². The summed E-state index contributed by atoms with van der Waals surface area (Å²) in [5, 5.41) is 3.52. The van der Waals surface area contributed by atoms with E-state index in [1.54, 1.807) is 6.07 Å². The Bertz CT molecular complexity index is 1480. The molecule has 0 saturated carbocycles. The van der Waals surface area contributed by atoms with Gasteiger partial charge in [-0.05, 0) is 49.4 Å². The third-order valence-electron chi connectivity index (χ3n) is 4.98. The molecule has 0 unspecified atom stereocenters. The van der Waals surface area contributed by atoms with Gasteiger partial charge in [-0.2, -0.15) is 0 Å². The minimum absolute atomic E-state index is 0.0770. The van der Waals surface area contributed by atoms with E-state index >= 15 is 0 Å². The molecule has 0 bridgehead atoms. The van der Waals surface area contributed by atoms with Gasteiger partial charge in [-0.3, -0.25) is 9.59 Å². The van der Waals surface area contributed by atoms with Crippen LogP contribution in [0.4, 0.5) is 5.69 Å². The number of aromatic nitrogens is 1. The highest BCUT2D eigenvalue weighted by Gasteiger charge is 2.17. The summed E-state index contributed by atoms with van der Waals surface area (Å²) in [6, 6.07) is 22.6. The van der Waals surface area contributed by atoms with Crippen LogP contribution >= 0.6 is 0 Å². The van der Waals surface area contributed by atoms with Crippen LogP contribution in [0, 0.1) is 6.92 Å². The molecule has 8 heteroatoms. The van der Waals surface area contributed by atoms with Crippen LogP contribution in [-0.2, 0) is 14.8 Å². The molecule has 0 aliphatic carbocycles. The van der Waals surface area contributed by atoms with Crippen LogP contribution in [0.3, 0.4) is 0 Å². The molecule has 4 aromatic rings. The second-order valence-electron chi connectivity index (χ2n) is 7.58. The number of nitrogens with zero attached hydrogens (tertiary/aromatic N) is 1. The third kappa shape index (κ3) is 4.91. The van der Waals surface area contributed by atoms with Crippen LogP contribution in [0.1, 0.15) is 22.8 Å². The highest BCUT2D eigenvalue weighted by molar-refractivity contribution is 7.90. The molecule has 1 aromatic heterocycles. The molecular weight excluding hydrogens is 438 g/mol. The Morgan fingerprint density at radius 1 is 0.879 bits per heavy atom. The number of nitrogens with one attached hydrogen (secondary N) is 2. The Balaban J connectivity index is 1.68. The normalized spacial score (nSPS) is 11.2. The number of hydrogen-bond acceptors (Lipinski definition) is 5. The minimum atomic E-state index is -3.95. The molecule has 0 atom stereocenters. The number of hydrogen-bond donors (Lipinski definition) is 2. The van der Waals surface area contributed by atoms with Gasteiger partial charge >= 0.3 is 0 Å². The molecule has 0 radical (unpaired) electrons. The average Bonchev–Trinajstić information content (AvgIpc) is 2.78. The predicted molar refractivity (Wildman–Crippen MR) is 127 cm³/mol. The lowest BCUT2D eigenvalue weighted by atomic mass is 10.0. The van der Waals surface area contributed by atoms with E-state index in [4.69, 9.17) is 4.98 Å². The smallest absolute Gasteiger partial charge is 0.264 e. The summed E-state index contributed by atoms with van der Waals surface area (Å²) in [4.78, 5) is 28.9. The lowest BCUT2D eigenvalue weighted by Gasteiger charge is -2.11. The lowest BCUT2D eigenvalue weighted by Crippen LogP contribution is -2.28. The molecule has 7 nitrogen and oxygen atoms in total. The summed E-state index contributed by atoms with van der Waals surface area (Å²) in [6.07, 6.45) is 0. The van der Waals surface area contributed by atoms with Gasteiger partial charge in [-0.1, -0.05) is 42.0 Å². The van der Waals surface area contributed by atoms with E-state index in [9.17, 15) is 18.0 Å². The van der Waals surface area contributed by atoms with Gasteiger partial charge in [0.15, 0.2) is 0 Å². The van der Waals surface area contributed by atoms with Gasteiger partial charge in [-0.25, -0.2) is 18.1 Å². The predicted octanol–water partition coefficient (Wildman–Crippen LogP) is 4.29. The number of sulfonamides is 1. The fourth-order valence-electron chi connectivity index (χ4n) is 3.48. The van der Waals surface area contributed by atoms with E-state index < -0.39 is 15.9 Å². The van der Waals surface area contributed by atoms with Gasteiger partial charge in [0, 0.05) is 23.6 Å². The van der Waals surface area contributed by atoms with Gasteiger partial charge in [0.1, 0.15) is 0 Å². The van der Waals surface area contributed by atoms with Crippen molar-refractivity contribution in [2.24, 2.45) is 0 Å². The van der Waals surface area contributed by atoms with Gasteiger partial charge in [-0.15, -0.1) is 0 Å². The first-order valence-corrected chi connectivity index (χ1v) is 11.6. The van der Waals surface area contributed by atoms with E-state index in [1.165, 1.54) is 24.3 Å². The first kappa shape index (κ1) is 22.2.